The van der Waals surface area contributed by atoms with Crippen LogP contribution in [0.25, 0.3) is 0 Å². The van der Waals surface area contributed by atoms with Gasteiger partial charge in [-0.3, -0.25) is 9.59 Å². The van der Waals surface area contributed by atoms with Crippen molar-refractivity contribution < 1.29 is 9.59 Å². The van der Waals surface area contributed by atoms with E-state index in [-0.39, 0.29) is 17.7 Å². The van der Waals surface area contributed by atoms with Crippen molar-refractivity contribution in [3.63, 3.8) is 0 Å². The molecular formula is C22H21ClN2O2S. The van der Waals surface area contributed by atoms with Gasteiger partial charge in [-0.1, -0.05) is 35.9 Å². The number of carbonyl (C=O) groups is 2. The highest BCUT2D eigenvalue weighted by Gasteiger charge is 2.20. The van der Waals surface area contributed by atoms with Crippen molar-refractivity contribution in [2.45, 2.75) is 6.04 Å². The Labute approximate surface area is 173 Å². The third-order valence-corrected chi connectivity index (χ3v) is 5.70. The normalized spacial score (nSPS) is 12.0. The summed E-state index contributed by atoms with van der Waals surface area (Å²) in [5, 5.41) is 5.56. The average Bonchev–Trinajstić information content (AvgIpc) is 3.22. The van der Waals surface area contributed by atoms with Crippen LogP contribution in [0.1, 0.15) is 37.2 Å². The molecule has 0 saturated heterocycles. The zero-order chi connectivity index (χ0) is 20.1. The van der Waals surface area contributed by atoms with Gasteiger partial charge in [0, 0.05) is 27.6 Å². The van der Waals surface area contributed by atoms with Crippen molar-refractivity contribution in [2.75, 3.05) is 20.6 Å². The number of halogens is 1. The first-order chi connectivity index (χ1) is 13.5. The zero-order valence-electron chi connectivity index (χ0n) is 15.7. The van der Waals surface area contributed by atoms with Gasteiger partial charge in [0.05, 0.1) is 11.6 Å². The van der Waals surface area contributed by atoms with E-state index in [1.54, 1.807) is 59.9 Å². The second-order valence-corrected chi connectivity index (χ2v) is 8.00. The molecule has 1 atom stereocenters. The number of benzene rings is 2. The molecule has 0 aliphatic carbocycles. The topological polar surface area (TPSA) is 49.4 Å². The number of likely N-dealkylation sites (N-methyl/N-ethyl adjacent to an activating group) is 1. The van der Waals surface area contributed by atoms with E-state index in [4.69, 9.17) is 11.6 Å². The molecule has 0 radical (unpaired) electrons. The van der Waals surface area contributed by atoms with Crippen molar-refractivity contribution in [3.05, 3.63) is 92.6 Å². The third-order valence-electron chi connectivity index (χ3n) is 4.47. The van der Waals surface area contributed by atoms with Gasteiger partial charge in [-0.25, -0.2) is 0 Å². The van der Waals surface area contributed by atoms with Gasteiger partial charge >= 0.3 is 0 Å². The van der Waals surface area contributed by atoms with Gasteiger partial charge in [-0.15, -0.1) is 11.3 Å². The van der Waals surface area contributed by atoms with Crippen LogP contribution in [-0.4, -0.2) is 37.2 Å². The Morgan fingerprint density at radius 3 is 2.29 bits per heavy atom. The van der Waals surface area contributed by atoms with E-state index in [1.165, 1.54) is 4.88 Å². The summed E-state index contributed by atoms with van der Waals surface area (Å²) in [5.41, 5.74) is 1.24. The number of hydrogen-bond acceptors (Lipinski definition) is 4. The summed E-state index contributed by atoms with van der Waals surface area (Å²) in [6.45, 7) is 0.454. The van der Waals surface area contributed by atoms with E-state index in [9.17, 15) is 9.59 Å². The molecule has 1 N–H and O–H groups in total. The van der Waals surface area contributed by atoms with E-state index < -0.39 is 0 Å². The maximum absolute atomic E-state index is 12.9. The molecule has 0 aliphatic rings. The molecule has 1 amide bonds. The van der Waals surface area contributed by atoms with Crippen LogP contribution in [0.15, 0.2) is 66.0 Å². The molecule has 1 unspecified atom stereocenters. The highest BCUT2D eigenvalue weighted by atomic mass is 35.5. The lowest BCUT2D eigenvalue weighted by Crippen LogP contribution is -2.34. The molecule has 6 heteroatoms. The van der Waals surface area contributed by atoms with Gasteiger partial charge in [0.2, 0.25) is 0 Å². The number of nitrogens with one attached hydrogen (secondary N) is 1. The summed E-state index contributed by atoms with van der Waals surface area (Å²) >= 11 is 7.56. The van der Waals surface area contributed by atoms with E-state index in [0.29, 0.717) is 28.3 Å². The van der Waals surface area contributed by atoms with E-state index >= 15 is 0 Å². The SMILES string of the molecule is CN(C)C(CNC(=O)c1ccccc1C(=O)c1ccc(Cl)cc1)c1cccs1. The molecule has 2 aromatic carbocycles. The average molecular weight is 413 g/mol. The fraction of sp³-hybridized carbons (Fsp3) is 0.182. The minimum absolute atomic E-state index is 0.0723. The Morgan fingerprint density at radius 2 is 1.68 bits per heavy atom. The molecule has 3 rings (SSSR count). The molecule has 0 fully saturated rings. The van der Waals surface area contributed by atoms with Crippen LogP contribution in [0, 0.1) is 0 Å². The van der Waals surface area contributed by atoms with Crippen molar-refractivity contribution in [3.8, 4) is 0 Å². The van der Waals surface area contributed by atoms with Crippen LogP contribution in [-0.2, 0) is 0 Å². The summed E-state index contributed by atoms with van der Waals surface area (Å²) in [7, 11) is 3.96. The van der Waals surface area contributed by atoms with Gasteiger partial charge in [0.15, 0.2) is 5.78 Å². The number of carbonyl (C=O) groups excluding carboxylic acids is 2. The summed E-state index contributed by atoms with van der Waals surface area (Å²) in [4.78, 5) is 29.0. The Morgan fingerprint density at radius 1 is 1.00 bits per heavy atom. The van der Waals surface area contributed by atoms with Gasteiger partial charge in [-0.2, -0.15) is 0 Å². The number of amides is 1. The van der Waals surface area contributed by atoms with Crippen molar-refractivity contribution in [1.82, 2.24) is 10.2 Å². The van der Waals surface area contributed by atoms with E-state index in [2.05, 4.69) is 16.3 Å². The van der Waals surface area contributed by atoms with Crippen LogP contribution in [0.4, 0.5) is 0 Å². The highest BCUT2D eigenvalue weighted by Crippen LogP contribution is 2.23. The first-order valence-electron chi connectivity index (χ1n) is 8.84. The van der Waals surface area contributed by atoms with Crippen molar-refractivity contribution >= 4 is 34.6 Å². The van der Waals surface area contributed by atoms with Crippen LogP contribution in [0.2, 0.25) is 5.02 Å². The Bertz CT molecular complexity index is 953. The van der Waals surface area contributed by atoms with Gasteiger partial charge < -0.3 is 10.2 Å². The first-order valence-corrected chi connectivity index (χ1v) is 10.1. The van der Waals surface area contributed by atoms with Crippen LogP contribution >= 0.6 is 22.9 Å². The third kappa shape index (κ3) is 4.68. The van der Waals surface area contributed by atoms with Gasteiger partial charge in [-0.05, 0) is 55.9 Å². The number of nitrogens with zero attached hydrogens (tertiary/aromatic N) is 1. The molecule has 144 valence electrons. The monoisotopic (exact) mass is 412 g/mol. The maximum Gasteiger partial charge on any atom is 0.252 e. The van der Waals surface area contributed by atoms with Crippen LogP contribution in [0.5, 0.6) is 0 Å². The zero-order valence-corrected chi connectivity index (χ0v) is 17.3. The van der Waals surface area contributed by atoms with Gasteiger partial charge in [0.25, 0.3) is 5.91 Å². The second kappa shape index (κ2) is 9.15. The van der Waals surface area contributed by atoms with Crippen molar-refractivity contribution in [1.29, 1.82) is 0 Å². The standard InChI is InChI=1S/C22H21ClN2O2S/c1-25(2)19(20-8-5-13-28-20)14-24-22(27)18-7-4-3-6-17(18)21(26)15-9-11-16(23)12-10-15/h3-13,19H,14H2,1-2H3,(H,24,27). The summed E-state index contributed by atoms with van der Waals surface area (Å²) in [6, 6.07) is 17.7. The number of rotatable bonds is 7. The van der Waals surface area contributed by atoms with E-state index in [0.717, 1.165) is 0 Å². The second-order valence-electron chi connectivity index (χ2n) is 6.59. The Hall–Kier alpha value is -2.47. The molecule has 4 nitrogen and oxygen atoms in total. The van der Waals surface area contributed by atoms with Crippen molar-refractivity contribution in [2.24, 2.45) is 0 Å². The predicted molar refractivity (Wildman–Crippen MR) is 114 cm³/mol. The number of thiophene rings is 1. The summed E-state index contributed by atoms with van der Waals surface area (Å²) < 4.78 is 0. The van der Waals surface area contributed by atoms with Gasteiger partial charge in [0.1, 0.15) is 0 Å². The minimum Gasteiger partial charge on any atom is -0.350 e. The molecule has 0 saturated carbocycles. The maximum atomic E-state index is 12.9. The smallest absolute Gasteiger partial charge is 0.252 e. The highest BCUT2D eigenvalue weighted by molar-refractivity contribution is 7.10. The predicted octanol–water partition coefficient (Wildman–Crippen LogP) is 4.67. The van der Waals surface area contributed by atoms with Crippen LogP contribution in [0.3, 0.4) is 0 Å². The lowest BCUT2D eigenvalue weighted by Gasteiger charge is -2.23. The summed E-state index contributed by atoms with van der Waals surface area (Å²) in [6.07, 6.45) is 0. The molecule has 3 aromatic rings. The number of ketones is 1. The molecule has 0 bridgehead atoms. The molecule has 0 aliphatic heterocycles. The fourth-order valence-electron chi connectivity index (χ4n) is 2.94. The summed E-state index contributed by atoms with van der Waals surface area (Å²) in [5.74, 6) is -0.467. The molecule has 1 aromatic heterocycles. The molecule has 0 spiro atoms. The van der Waals surface area contributed by atoms with Crippen LogP contribution < -0.4 is 5.32 Å². The quantitative estimate of drug-likeness (QED) is 0.574. The molecular weight excluding hydrogens is 392 g/mol. The first kappa shape index (κ1) is 20.3. The lowest BCUT2D eigenvalue weighted by molar-refractivity contribution is 0.0932. The van der Waals surface area contributed by atoms with E-state index in [1.807, 2.05) is 25.5 Å². The largest absolute Gasteiger partial charge is 0.350 e. The molecule has 1 heterocycles. The number of hydrogen-bond donors (Lipinski definition) is 1. The Kier molecular flexibility index (Phi) is 6.62. The lowest BCUT2D eigenvalue weighted by atomic mass is 9.98. The fourth-order valence-corrected chi connectivity index (χ4v) is 3.99. The molecule has 28 heavy (non-hydrogen) atoms. The minimum atomic E-state index is -0.263. The Balaban J connectivity index is 1.79.